The van der Waals surface area contributed by atoms with Crippen LogP contribution in [-0.4, -0.2) is 29.7 Å². The number of piperidine rings is 2. The molecule has 26 heavy (non-hydrogen) atoms. The van der Waals surface area contributed by atoms with Crippen LogP contribution in [0, 0.1) is 5.92 Å². The Morgan fingerprint density at radius 3 is 2.27 bits per heavy atom. The number of benzene rings is 2. The van der Waals surface area contributed by atoms with Gasteiger partial charge in [0.15, 0.2) is 5.72 Å². The summed E-state index contributed by atoms with van der Waals surface area (Å²) in [7, 11) is 0. The standard InChI is InChI=1S/C23H27NO2/c1-23(15-14-18-9-8-16-24(23)17-18)26-22(25)21(19-10-4-2-5-11-19)20-12-6-3-7-13-20/h2-7,10-13,18,21H,8-9,14-17H2,1H3. The highest BCUT2D eigenvalue weighted by Crippen LogP contribution is 2.39. The third-order valence-corrected chi connectivity index (χ3v) is 6.03. The molecule has 2 aliphatic heterocycles. The van der Waals surface area contributed by atoms with Gasteiger partial charge in [-0.3, -0.25) is 9.69 Å². The monoisotopic (exact) mass is 349 g/mol. The van der Waals surface area contributed by atoms with Crippen molar-refractivity contribution in [1.29, 1.82) is 0 Å². The van der Waals surface area contributed by atoms with Crippen molar-refractivity contribution in [3.05, 3.63) is 71.8 Å². The average molecular weight is 349 g/mol. The number of esters is 1. The molecule has 0 aromatic heterocycles. The molecule has 2 fully saturated rings. The van der Waals surface area contributed by atoms with Gasteiger partial charge in [-0.2, -0.15) is 0 Å². The Morgan fingerprint density at radius 1 is 1.04 bits per heavy atom. The third-order valence-electron chi connectivity index (χ3n) is 6.03. The van der Waals surface area contributed by atoms with Gasteiger partial charge in [0.25, 0.3) is 0 Å². The van der Waals surface area contributed by atoms with Crippen molar-refractivity contribution in [3.8, 4) is 0 Å². The summed E-state index contributed by atoms with van der Waals surface area (Å²) in [6, 6.07) is 19.9. The quantitative estimate of drug-likeness (QED) is 0.757. The van der Waals surface area contributed by atoms with E-state index in [0.29, 0.717) is 0 Å². The Bertz CT molecular complexity index is 706. The number of carbonyl (C=O) groups is 1. The number of hydrogen-bond donors (Lipinski definition) is 0. The van der Waals surface area contributed by atoms with E-state index >= 15 is 0 Å². The smallest absolute Gasteiger partial charge is 0.319 e. The normalized spacial score (nSPS) is 27.9. The number of rotatable bonds is 4. The molecule has 2 aromatic carbocycles. The first-order valence-electron chi connectivity index (χ1n) is 9.73. The van der Waals surface area contributed by atoms with E-state index < -0.39 is 5.72 Å². The van der Waals surface area contributed by atoms with Crippen molar-refractivity contribution >= 4 is 5.97 Å². The van der Waals surface area contributed by atoms with Crippen LogP contribution in [0.25, 0.3) is 0 Å². The molecule has 0 saturated carbocycles. The lowest BCUT2D eigenvalue weighted by Crippen LogP contribution is -2.57. The summed E-state index contributed by atoms with van der Waals surface area (Å²) in [4.78, 5) is 15.7. The molecular formula is C23H27NO2. The zero-order valence-electron chi connectivity index (χ0n) is 15.4. The van der Waals surface area contributed by atoms with Crippen LogP contribution < -0.4 is 0 Å². The van der Waals surface area contributed by atoms with Gasteiger partial charge < -0.3 is 4.74 Å². The molecule has 2 heterocycles. The molecule has 0 N–H and O–H groups in total. The molecule has 2 aliphatic rings. The summed E-state index contributed by atoms with van der Waals surface area (Å²) in [6.45, 7) is 4.19. The molecule has 2 bridgehead atoms. The topological polar surface area (TPSA) is 29.5 Å². The number of ether oxygens (including phenoxy) is 1. The molecular weight excluding hydrogens is 322 g/mol. The molecule has 3 atom stereocenters. The van der Waals surface area contributed by atoms with Crippen LogP contribution >= 0.6 is 0 Å². The summed E-state index contributed by atoms with van der Waals surface area (Å²) in [5, 5.41) is 0. The zero-order chi connectivity index (χ0) is 18.0. The van der Waals surface area contributed by atoms with Crippen LogP contribution in [0.2, 0.25) is 0 Å². The molecule has 0 radical (unpaired) electrons. The fourth-order valence-electron chi connectivity index (χ4n) is 4.51. The van der Waals surface area contributed by atoms with Gasteiger partial charge in [-0.1, -0.05) is 60.7 Å². The van der Waals surface area contributed by atoms with E-state index in [1.54, 1.807) is 0 Å². The summed E-state index contributed by atoms with van der Waals surface area (Å²) in [5.74, 6) is 0.250. The van der Waals surface area contributed by atoms with E-state index in [9.17, 15) is 4.79 Å². The molecule has 0 amide bonds. The second-order valence-corrected chi connectivity index (χ2v) is 7.84. The molecule has 3 heteroatoms. The van der Waals surface area contributed by atoms with Crippen molar-refractivity contribution in [2.24, 2.45) is 5.92 Å². The first-order valence-corrected chi connectivity index (χ1v) is 9.73. The fraction of sp³-hybridized carbons (Fsp3) is 0.435. The highest BCUT2D eigenvalue weighted by Gasteiger charge is 2.43. The highest BCUT2D eigenvalue weighted by molar-refractivity contribution is 5.82. The van der Waals surface area contributed by atoms with Gasteiger partial charge in [0.05, 0.1) is 0 Å². The van der Waals surface area contributed by atoms with E-state index in [0.717, 1.165) is 43.0 Å². The summed E-state index contributed by atoms with van der Waals surface area (Å²) < 4.78 is 6.22. The summed E-state index contributed by atoms with van der Waals surface area (Å²) >= 11 is 0. The molecule has 3 unspecified atom stereocenters. The minimum absolute atomic E-state index is 0.145. The van der Waals surface area contributed by atoms with Gasteiger partial charge in [0.2, 0.25) is 0 Å². The molecule has 2 saturated heterocycles. The van der Waals surface area contributed by atoms with Gasteiger partial charge in [0.1, 0.15) is 5.92 Å². The first kappa shape index (κ1) is 17.3. The van der Waals surface area contributed by atoms with Crippen molar-refractivity contribution in [2.75, 3.05) is 13.1 Å². The largest absolute Gasteiger partial charge is 0.443 e. The Labute approximate surface area is 156 Å². The predicted octanol–water partition coefficient (Wildman–Crippen LogP) is 4.58. The van der Waals surface area contributed by atoms with Crippen LogP contribution in [0.3, 0.4) is 0 Å². The van der Waals surface area contributed by atoms with Crippen molar-refractivity contribution in [1.82, 2.24) is 4.90 Å². The average Bonchev–Trinajstić information content (AvgIpc) is 2.68. The molecule has 2 aromatic rings. The van der Waals surface area contributed by atoms with E-state index in [1.807, 2.05) is 60.7 Å². The minimum atomic E-state index is -0.476. The van der Waals surface area contributed by atoms with Gasteiger partial charge >= 0.3 is 5.97 Å². The van der Waals surface area contributed by atoms with Crippen LogP contribution in [-0.2, 0) is 9.53 Å². The number of hydrogen-bond acceptors (Lipinski definition) is 3. The zero-order valence-corrected chi connectivity index (χ0v) is 15.4. The second kappa shape index (κ2) is 7.24. The van der Waals surface area contributed by atoms with Gasteiger partial charge in [0, 0.05) is 19.5 Å². The van der Waals surface area contributed by atoms with Crippen molar-refractivity contribution < 1.29 is 9.53 Å². The minimum Gasteiger partial charge on any atom is -0.443 e. The lowest BCUT2D eigenvalue weighted by atomic mass is 9.84. The van der Waals surface area contributed by atoms with Crippen molar-refractivity contribution in [3.63, 3.8) is 0 Å². The predicted molar refractivity (Wildman–Crippen MR) is 103 cm³/mol. The lowest BCUT2D eigenvalue weighted by Gasteiger charge is -2.49. The van der Waals surface area contributed by atoms with E-state index in [4.69, 9.17) is 4.74 Å². The Hall–Kier alpha value is -2.13. The number of fused-ring (bicyclic) bond motifs is 2. The lowest BCUT2D eigenvalue weighted by molar-refractivity contribution is -0.198. The van der Waals surface area contributed by atoms with E-state index in [2.05, 4.69) is 11.8 Å². The van der Waals surface area contributed by atoms with Crippen LogP contribution in [0.15, 0.2) is 60.7 Å². The van der Waals surface area contributed by atoms with Gasteiger partial charge in [-0.25, -0.2) is 0 Å². The van der Waals surface area contributed by atoms with Crippen LogP contribution in [0.4, 0.5) is 0 Å². The van der Waals surface area contributed by atoms with Crippen LogP contribution in [0.1, 0.15) is 49.7 Å². The van der Waals surface area contributed by atoms with Crippen molar-refractivity contribution in [2.45, 2.75) is 44.2 Å². The maximum absolute atomic E-state index is 13.3. The molecule has 4 rings (SSSR count). The maximum Gasteiger partial charge on any atom is 0.319 e. The second-order valence-electron chi connectivity index (χ2n) is 7.84. The Kier molecular flexibility index (Phi) is 4.82. The molecule has 3 nitrogen and oxygen atoms in total. The first-order chi connectivity index (χ1) is 12.7. The Morgan fingerprint density at radius 2 is 1.65 bits per heavy atom. The summed E-state index contributed by atoms with van der Waals surface area (Å²) in [6.07, 6.45) is 4.61. The highest BCUT2D eigenvalue weighted by atomic mass is 16.6. The Balaban J connectivity index is 1.61. The SMILES string of the molecule is CC1(OC(=O)C(c2ccccc2)c2ccccc2)CCC2CCCN1C2. The van der Waals surface area contributed by atoms with Gasteiger partial charge in [-0.05, 0) is 43.2 Å². The fourth-order valence-corrected chi connectivity index (χ4v) is 4.51. The van der Waals surface area contributed by atoms with E-state index in [-0.39, 0.29) is 11.9 Å². The molecule has 0 spiro atoms. The maximum atomic E-state index is 13.3. The third kappa shape index (κ3) is 3.41. The number of carbonyl (C=O) groups excluding carboxylic acids is 1. The number of nitrogens with zero attached hydrogens (tertiary/aromatic N) is 1. The van der Waals surface area contributed by atoms with Gasteiger partial charge in [-0.15, -0.1) is 0 Å². The molecule has 0 aliphatic carbocycles. The van der Waals surface area contributed by atoms with E-state index in [1.165, 1.54) is 12.8 Å². The molecule has 136 valence electrons. The summed E-state index contributed by atoms with van der Waals surface area (Å²) in [5.41, 5.74) is 1.50. The van der Waals surface area contributed by atoms with Crippen LogP contribution in [0.5, 0.6) is 0 Å².